The van der Waals surface area contributed by atoms with Gasteiger partial charge in [-0.25, -0.2) is 0 Å². The zero-order valence-electron chi connectivity index (χ0n) is 12.5. The van der Waals surface area contributed by atoms with Crippen molar-refractivity contribution in [2.45, 2.75) is 13.8 Å². The Kier molecular flexibility index (Phi) is 6.37. The Morgan fingerprint density at radius 3 is 1.87 bits per heavy atom. The highest BCUT2D eigenvalue weighted by atomic mass is 35.5. The fourth-order valence-electron chi connectivity index (χ4n) is 1.97. The maximum atomic E-state index is 6.14. The molecular formula is C17H14Cl4N2. The van der Waals surface area contributed by atoms with Crippen LogP contribution in [0.1, 0.15) is 13.8 Å². The second kappa shape index (κ2) is 8.07. The van der Waals surface area contributed by atoms with Gasteiger partial charge in [-0.1, -0.05) is 58.5 Å². The van der Waals surface area contributed by atoms with Crippen molar-refractivity contribution in [3.63, 3.8) is 0 Å². The van der Waals surface area contributed by atoms with Crippen LogP contribution in [0.2, 0.25) is 20.1 Å². The average molecular weight is 388 g/mol. The molecule has 0 unspecified atom stereocenters. The van der Waals surface area contributed by atoms with Gasteiger partial charge in [-0.2, -0.15) is 0 Å². The van der Waals surface area contributed by atoms with E-state index in [9.17, 15) is 0 Å². The summed E-state index contributed by atoms with van der Waals surface area (Å²) in [6, 6.07) is 10.6. The lowest BCUT2D eigenvalue weighted by molar-refractivity contribution is 1.37. The molecule has 0 heterocycles. The molecule has 0 aliphatic rings. The minimum absolute atomic E-state index is 0.505. The normalized spacial score (nSPS) is 12.4. The van der Waals surface area contributed by atoms with Gasteiger partial charge in [0.15, 0.2) is 0 Å². The number of rotatable bonds is 4. The van der Waals surface area contributed by atoms with Crippen LogP contribution in [-0.4, -0.2) is 5.71 Å². The summed E-state index contributed by atoms with van der Waals surface area (Å²) in [5.74, 6) is 0. The summed E-state index contributed by atoms with van der Waals surface area (Å²) in [5.41, 5.74) is 2.79. The molecule has 120 valence electrons. The molecule has 0 fully saturated rings. The van der Waals surface area contributed by atoms with E-state index in [1.807, 2.05) is 19.9 Å². The molecule has 2 rings (SSSR count). The smallest absolute Gasteiger partial charge is 0.100 e. The molecule has 23 heavy (non-hydrogen) atoms. The van der Waals surface area contributed by atoms with Crippen LogP contribution in [-0.2, 0) is 0 Å². The molecule has 2 aromatic carbocycles. The molecule has 0 aromatic heterocycles. The molecule has 0 spiro atoms. The van der Waals surface area contributed by atoms with Crippen molar-refractivity contribution in [3.05, 3.63) is 68.3 Å². The van der Waals surface area contributed by atoms with Crippen molar-refractivity contribution < 1.29 is 0 Å². The minimum atomic E-state index is 0.505. The van der Waals surface area contributed by atoms with Gasteiger partial charge in [0.1, 0.15) is 5.69 Å². The van der Waals surface area contributed by atoms with Gasteiger partial charge in [0.05, 0.1) is 25.8 Å². The summed E-state index contributed by atoms with van der Waals surface area (Å²) >= 11 is 24.5. The van der Waals surface area contributed by atoms with Gasteiger partial charge >= 0.3 is 0 Å². The number of hydrogen-bond donors (Lipinski definition) is 1. The number of para-hydroxylation sites is 2. The molecule has 0 aliphatic heterocycles. The van der Waals surface area contributed by atoms with Crippen molar-refractivity contribution >= 4 is 63.5 Å². The first-order chi connectivity index (χ1) is 10.9. The average Bonchev–Trinajstić information content (AvgIpc) is 2.47. The van der Waals surface area contributed by atoms with Crippen LogP contribution in [0, 0.1) is 0 Å². The molecule has 1 N–H and O–H groups in total. The Bertz CT molecular complexity index is 742. The zero-order valence-corrected chi connectivity index (χ0v) is 15.5. The van der Waals surface area contributed by atoms with E-state index in [-0.39, 0.29) is 0 Å². The molecule has 6 heteroatoms. The van der Waals surface area contributed by atoms with Crippen molar-refractivity contribution in [2.75, 3.05) is 5.32 Å². The lowest BCUT2D eigenvalue weighted by Crippen LogP contribution is -1.99. The Balaban J connectivity index is 2.25. The predicted molar refractivity (Wildman–Crippen MR) is 103 cm³/mol. The largest absolute Gasteiger partial charge is 0.357 e. The third-order valence-corrected chi connectivity index (χ3v) is 4.18. The van der Waals surface area contributed by atoms with Gasteiger partial charge in [-0.15, -0.1) is 0 Å². The van der Waals surface area contributed by atoms with E-state index < -0.39 is 0 Å². The first-order valence-corrected chi connectivity index (χ1v) is 8.28. The quantitative estimate of drug-likeness (QED) is 0.542. The molecule has 0 saturated carbocycles. The van der Waals surface area contributed by atoms with E-state index in [1.165, 1.54) is 0 Å². The number of benzene rings is 2. The van der Waals surface area contributed by atoms with Crippen LogP contribution in [0.25, 0.3) is 0 Å². The summed E-state index contributed by atoms with van der Waals surface area (Å²) < 4.78 is 0. The van der Waals surface area contributed by atoms with Gasteiger partial charge < -0.3 is 5.32 Å². The highest BCUT2D eigenvalue weighted by Crippen LogP contribution is 2.33. The van der Waals surface area contributed by atoms with Gasteiger partial charge in [0.25, 0.3) is 0 Å². The summed E-state index contributed by atoms with van der Waals surface area (Å²) in [6.45, 7) is 3.76. The maximum Gasteiger partial charge on any atom is 0.100 e. The highest BCUT2D eigenvalue weighted by Gasteiger charge is 2.06. The molecule has 2 nitrogen and oxygen atoms in total. The fraction of sp³-hybridized carbons (Fsp3) is 0.118. The maximum absolute atomic E-state index is 6.14. The number of halogens is 4. The number of aliphatic imine (C=N–C) groups is 1. The monoisotopic (exact) mass is 386 g/mol. The Labute approximate surface area is 155 Å². The highest BCUT2D eigenvalue weighted by molar-refractivity contribution is 6.39. The van der Waals surface area contributed by atoms with Crippen molar-refractivity contribution in [2.24, 2.45) is 4.99 Å². The van der Waals surface area contributed by atoms with Gasteiger partial charge in [0, 0.05) is 11.4 Å². The Morgan fingerprint density at radius 2 is 1.35 bits per heavy atom. The second-order valence-electron chi connectivity index (χ2n) is 4.87. The van der Waals surface area contributed by atoms with E-state index in [0.29, 0.717) is 31.5 Å². The third kappa shape index (κ3) is 4.89. The molecule has 2 aromatic rings. The summed E-state index contributed by atoms with van der Waals surface area (Å²) in [5, 5.41) is 5.28. The summed E-state index contributed by atoms with van der Waals surface area (Å²) in [7, 11) is 0. The molecule has 0 aliphatic carbocycles. The van der Waals surface area contributed by atoms with Gasteiger partial charge in [-0.3, -0.25) is 4.99 Å². The fourth-order valence-corrected chi connectivity index (χ4v) is 2.94. The van der Waals surface area contributed by atoms with Crippen LogP contribution >= 0.6 is 46.4 Å². The number of anilines is 1. The first kappa shape index (κ1) is 18.2. The Morgan fingerprint density at radius 1 is 0.870 bits per heavy atom. The van der Waals surface area contributed by atoms with E-state index in [2.05, 4.69) is 10.3 Å². The molecule has 0 saturated heterocycles. The predicted octanol–water partition coefficient (Wildman–Crippen LogP) is 7.41. The minimum Gasteiger partial charge on any atom is -0.357 e. The zero-order chi connectivity index (χ0) is 17.0. The Hall–Kier alpha value is -1.19. The van der Waals surface area contributed by atoms with Crippen LogP contribution < -0.4 is 5.32 Å². The number of nitrogens with one attached hydrogen (secondary N) is 1. The van der Waals surface area contributed by atoms with Crippen LogP contribution in [0.4, 0.5) is 11.4 Å². The number of nitrogens with zero attached hydrogens (tertiary/aromatic N) is 1. The standard InChI is InChI=1S/C17H14Cl4N2/c1-10(22-16-12(18)5-3-6-13(16)19)9-11(2)23-17-14(20)7-4-8-15(17)21/h3-9,22H,1-2H3/b10-9+,23-11?. The van der Waals surface area contributed by atoms with Crippen LogP contribution in [0.5, 0.6) is 0 Å². The molecular weight excluding hydrogens is 374 g/mol. The molecule has 0 bridgehead atoms. The summed E-state index contributed by atoms with van der Waals surface area (Å²) in [6.07, 6.45) is 1.86. The second-order valence-corrected chi connectivity index (χ2v) is 6.50. The first-order valence-electron chi connectivity index (χ1n) is 6.77. The van der Waals surface area contributed by atoms with E-state index in [1.54, 1.807) is 36.4 Å². The van der Waals surface area contributed by atoms with Crippen LogP contribution in [0.3, 0.4) is 0 Å². The van der Waals surface area contributed by atoms with Gasteiger partial charge in [0.2, 0.25) is 0 Å². The molecule has 0 amide bonds. The van der Waals surface area contributed by atoms with Crippen molar-refractivity contribution in [3.8, 4) is 0 Å². The number of allylic oxidation sites excluding steroid dienone is 2. The van der Waals surface area contributed by atoms with E-state index >= 15 is 0 Å². The number of hydrogen-bond acceptors (Lipinski definition) is 2. The topological polar surface area (TPSA) is 24.4 Å². The molecule has 0 radical (unpaired) electrons. The third-order valence-electron chi connectivity index (χ3n) is 2.94. The van der Waals surface area contributed by atoms with Gasteiger partial charge in [-0.05, 0) is 44.2 Å². The lowest BCUT2D eigenvalue weighted by atomic mass is 10.2. The lowest BCUT2D eigenvalue weighted by Gasteiger charge is -2.10. The van der Waals surface area contributed by atoms with E-state index in [0.717, 1.165) is 11.4 Å². The summed E-state index contributed by atoms with van der Waals surface area (Å²) in [4.78, 5) is 4.45. The van der Waals surface area contributed by atoms with Crippen molar-refractivity contribution in [1.82, 2.24) is 0 Å². The van der Waals surface area contributed by atoms with E-state index in [4.69, 9.17) is 46.4 Å². The van der Waals surface area contributed by atoms with Crippen molar-refractivity contribution in [1.29, 1.82) is 0 Å². The molecule has 0 atom stereocenters. The van der Waals surface area contributed by atoms with Crippen LogP contribution in [0.15, 0.2) is 53.2 Å². The SMILES string of the molecule is CC(/C=C(\C)Nc1c(Cl)cccc1Cl)=Nc1c(Cl)cccc1Cl.